The van der Waals surface area contributed by atoms with Crippen LogP contribution >= 0.6 is 15.9 Å². The molecule has 2 rings (SSSR count). The maximum absolute atomic E-state index is 9.19. The molecule has 1 aliphatic rings. The minimum Gasteiger partial charge on any atom is -0.396 e. The van der Waals surface area contributed by atoms with Crippen LogP contribution in [0.25, 0.3) is 0 Å². The van der Waals surface area contributed by atoms with Gasteiger partial charge in [0.2, 0.25) is 0 Å². The Morgan fingerprint density at radius 2 is 2.21 bits per heavy atom. The number of rotatable bonds is 3. The number of hydrogen-bond donors (Lipinski definition) is 1. The third kappa shape index (κ3) is 1.86. The van der Waals surface area contributed by atoms with Crippen LogP contribution in [0.5, 0.6) is 0 Å². The molecule has 0 saturated heterocycles. The Morgan fingerprint density at radius 1 is 1.50 bits per heavy atom. The molecule has 2 heteroatoms. The van der Waals surface area contributed by atoms with E-state index < -0.39 is 0 Å². The minimum absolute atomic E-state index is 0.232. The van der Waals surface area contributed by atoms with E-state index in [2.05, 4.69) is 41.1 Å². The summed E-state index contributed by atoms with van der Waals surface area (Å²) in [5.74, 6) is 0.984. The van der Waals surface area contributed by atoms with Crippen molar-refractivity contribution < 1.29 is 5.11 Å². The number of aliphatic hydroxyl groups is 1. The van der Waals surface area contributed by atoms with Crippen molar-refractivity contribution in [2.24, 2.45) is 0 Å². The SMILES string of the molecule is CC(CO)c1cccc(Br)c1C1CC1. The lowest BCUT2D eigenvalue weighted by Crippen LogP contribution is -2.03. The Labute approximate surface area is 93.3 Å². The van der Waals surface area contributed by atoms with Crippen LogP contribution in [0.4, 0.5) is 0 Å². The molecule has 1 aromatic rings. The first-order valence-electron chi connectivity index (χ1n) is 5.13. The Morgan fingerprint density at radius 3 is 2.79 bits per heavy atom. The molecule has 76 valence electrons. The monoisotopic (exact) mass is 254 g/mol. The fourth-order valence-corrected chi connectivity index (χ4v) is 2.59. The minimum atomic E-state index is 0.232. The summed E-state index contributed by atoms with van der Waals surface area (Å²) >= 11 is 3.60. The molecule has 1 nitrogen and oxygen atoms in total. The molecule has 1 aromatic carbocycles. The first kappa shape index (κ1) is 10.2. The third-order valence-electron chi connectivity index (χ3n) is 2.88. The summed E-state index contributed by atoms with van der Waals surface area (Å²) in [6.45, 7) is 2.31. The third-order valence-corrected chi connectivity index (χ3v) is 3.57. The van der Waals surface area contributed by atoms with Crippen LogP contribution < -0.4 is 0 Å². The van der Waals surface area contributed by atoms with Gasteiger partial charge in [0.1, 0.15) is 0 Å². The molecule has 1 N–H and O–H groups in total. The highest BCUT2D eigenvalue weighted by Gasteiger charge is 2.28. The molecule has 1 unspecified atom stereocenters. The van der Waals surface area contributed by atoms with Gasteiger partial charge in [-0.2, -0.15) is 0 Å². The highest BCUT2D eigenvalue weighted by molar-refractivity contribution is 9.10. The summed E-state index contributed by atoms with van der Waals surface area (Å²) < 4.78 is 1.21. The van der Waals surface area contributed by atoms with E-state index in [0.29, 0.717) is 0 Å². The van der Waals surface area contributed by atoms with Gasteiger partial charge in [-0.1, -0.05) is 35.0 Å². The lowest BCUT2D eigenvalue weighted by Gasteiger charge is -2.15. The first-order chi connectivity index (χ1) is 6.74. The average molecular weight is 255 g/mol. The number of benzene rings is 1. The second kappa shape index (κ2) is 4.03. The standard InChI is InChI=1S/C12H15BrO/c1-8(7-14)10-3-2-4-11(13)12(10)9-5-6-9/h2-4,8-9,14H,5-7H2,1H3. The summed E-state index contributed by atoms with van der Waals surface area (Å²) in [6.07, 6.45) is 2.60. The van der Waals surface area contributed by atoms with E-state index in [9.17, 15) is 5.11 Å². The van der Waals surface area contributed by atoms with Gasteiger partial charge in [-0.3, -0.25) is 0 Å². The van der Waals surface area contributed by atoms with Crippen LogP contribution in [0.3, 0.4) is 0 Å². The molecule has 1 saturated carbocycles. The summed E-state index contributed by atoms with van der Waals surface area (Å²) in [4.78, 5) is 0. The zero-order valence-electron chi connectivity index (χ0n) is 8.33. The molecule has 0 radical (unpaired) electrons. The van der Waals surface area contributed by atoms with Crippen LogP contribution in [0.1, 0.15) is 42.7 Å². The van der Waals surface area contributed by atoms with Gasteiger partial charge in [-0.15, -0.1) is 0 Å². The van der Waals surface area contributed by atoms with E-state index in [-0.39, 0.29) is 12.5 Å². The van der Waals surface area contributed by atoms with Gasteiger partial charge in [-0.25, -0.2) is 0 Å². The predicted octanol–water partition coefficient (Wildman–Crippen LogP) is 3.42. The van der Waals surface area contributed by atoms with Crippen molar-refractivity contribution in [3.63, 3.8) is 0 Å². The van der Waals surface area contributed by atoms with Crippen LogP contribution in [0.2, 0.25) is 0 Å². The Balaban J connectivity index is 2.41. The highest BCUT2D eigenvalue weighted by Crippen LogP contribution is 2.46. The van der Waals surface area contributed by atoms with Gasteiger partial charge < -0.3 is 5.11 Å². The molecule has 1 aliphatic carbocycles. The summed E-state index contributed by atoms with van der Waals surface area (Å²) in [5, 5.41) is 9.19. The number of hydrogen-bond acceptors (Lipinski definition) is 1. The van der Waals surface area contributed by atoms with Gasteiger partial charge >= 0.3 is 0 Å². The van der Waals surface area contributed by atoms with E-state index in [1.807, 2.05) is 0 Å². The molecule has 0 aromatic heterocycles. The van der Waals surface area contributed by atoms with Gasteiger partial charge in [0.25, 0.3) is 0 Å². The van der Waals surface area contributed by atoms with E-state index >= 15 is 0 Å². The number of halogens is 1. The summed E-state index contributed by atoms with van der Waals surface area (Å²) in [5.41, 5.74) is 2.73. The van der Waals surface area contributed by atoms with Crippen molar-refractivity contribution in [1.29, 1.82) is 0 Å². The highest BCUT2D eigenvalue weighted by atomic mass is 79.9. The lowest BCUT2D eigenvalue weighted by molar-refractivity contribution is 0.272. The van der Waals surface area contributed by atoms with Gasteiger partial charge in [0.05, 0.1) is 0 Å². The van der Waals surface area contributed by atoms with Crippen molar-refractivity contribution in [3.05, 3.63) is 33.8 Å². The summed E-state index contributed by atoms with van der Waals surface area (Å²) in [7, 11) is 0. The maximum Gasteiger partial charge on any atom is 0.0497 e. The van der Waals surface area contributed by atoms with Crippen molar-refractivity contribution in [3.8, 4) is 0 Å². The molecule has 0 aliphatic heterocycles. The van der Waals surface area contributed by atoms with Crippen LogP contribution in [-0.2, 0) is 0 Å². The van der Waals surface area contributed by atoms with Crippen molar-refractivity contribution >= 4 is 15.9 Å². The molecule has 0 amide bonds. The smallest absolute Gasteiger partial charge is 0.0497 e. The predicted molar refractivity (Wildman–Crippen MR) is 61.6 cm³/mol. The quantitative estimate of drug-likeness (QED) is 0.877. The fourth-order valence-electron chi connectivity index (χ4n) is 1.88. The normalized spacial score (nSPS) is 18.2. The van der Waals surface area contributed by atoms with Crippen LogP contribution in [0.15, 0.2) is 22.7 Å². The maximum atomic E-state index is 9.19. The molecule has 0 bridgehead atoms. The van der Waals surface area contributed by atoms with Crippen molar-refractivity contribution in [1.82, 2.24) is 0 Å². The molecular formula is C12H15BrO. The second-order valence-electron chi connectivity index (χ2n) is 4.10. The van der Waals surface area contributed by atoms with E-state index in [0.717, 1.165) is 5.92 Å². The fraction of sp³-hybridized carbons (Fsp3) is 0.500. The van der Waals surface area contributed by atoms with E-state index in [1.54, 1.807) is 0 Å². The average Bonchev–Trinajstić information content (AvgIpc) is 3.00. The second-order valence-corrected chi connectivity index (χ2v) is 4.95. The molecule has 0 spiro atoms. The number of aliphatic hydroxyl groups excluding tert-OH is 1. The summed E-state index contributed by atoms with van der Waals surface area (Å²) in [6, 6.07) is 6.29. The molecular weight excluding hydrogens is 240 g/mol. The molecule has 1 atom stereocenters. The van der Waals surface area contributed by atoms with Gasteiger partial charge in [0.15, 0.2) is 0 Å². The molecule has 0 heterocycles. The van der Waals surface area contributed by atoms with E-state index in [4.69, 9.17) is 0 Å². The Bertz CT molecular complexity index is 331. The van der Waals surface area contributed by atoms with Gasteiger partial charge in [0, 0.05) is 17.0 Å². The van der Waals surface area contributed by atoms with Crippen molar-refractivity contribution in [2.75, 3.05) is 6.61 Å². The van der Waals surface area contributed by atoms with Crippen molar-refractivity contribution in [2.45, 2.75) is 31.6 Å². The van der Waals surface area contributed by atoms with Crippen LogP contribution in [-0.4, -0.2) is 11.7 Å². The Hall–Kier alpha value is -0.340. The zero-order chi connectivity index (χ0) is 10.1. The molecule has 1 fully saturated rings. The molecule has 14 heavy (non-hydrogen) atoms. The van der Waals surface area contributed by atoms with E-state index in [1.165, 1.54) is 28.4 Å². The first-order valence-corrected chi connectivity index (χ1v) is 5.92. The largest absolute Gasteiger partial charge is 0.396 e. The van der Waals surface area contributed by atoms with Crippen LogP contribution in [0, 0.1) is 0 Å². The Kier molecular flexibility index (Phi) is 2.93. The zero-order valence-corrected chi connectivity index (χ0v) is 9.92. The lowest BCUT2D eigenvalue weighted by atomic mass is 9.94. The van der Waals surface area contributed by atoms with Gasteiger partial charge in [-0.05, 0) is 36.0 Å². The topological polar surface area (TPSA) is 20.2 Å².